The molecular weight excluding hydrogens is 452 g/mol. The largest absolute Gasteiger partial charge is 0.307 e. The van der Waals surface area contributed by atoms with E-state index in [1.807, 2.05) is 18.3 Å². The third-order valence-electron chi connectivity index (χ3n) is 7.94. The van der Waals surface area contributed by atoms with Gasteiger partial charge in [-0.05, 0) is 53.6 Å². The molecule has 4 heterocycles. The fourth-order valence-electron chi connectivity index (χ4n) is 6.21. The van der Waals surface area contributed by atoms with Gasteiger partial charge in [-0.15, -0.1) is 0 Å². The number of benzene rings is 4. The van der Waals surface area contributed by atoms with Gasteiger partial charge in [0.2, 0.25) is 0 Å². The Morgan fingerprint density at radius 2 is 1.43 bits per heavy atom. The first kappa shape index (κ1) is 20.5. The van der Waals surface area contributed by atoms with Gasteiger partial charge in [0.1, 0.15) is 5.82 Å². The number of hydrogen-bond donors (Lipinski definition) is 0. The van der Waals surface area contributed by atoms with Crippen LogP contribution in [-0.4, -0.2) is 19.1 Å². The molecule has 0 atom stereocenters. The number of rotatable bonds is 2. The smallest absolute Gasteiger partial charge is 0.145 e. The topological polar surface area (TPSA) is 35.6 Å². The Hall–Kier alpha value is -4.70. The molecule has 0 unspecified atom stereocenters. The van der Waals surface area contributed by atoms with Crippen molar-refractivity contribution in [1.29, 1.82) is 0 Å². The van der Waals surface area contributed by atoms with Crippen LogP contribution in [0.15, 0.2) is 109 Å². The summed E-state index contributed by atoms with van der Waals surface area (Å²) in [5, 5.41) is 1.17. The molecule has 0 fully saturated rings. The second-order valence-corrected chi connectivity index (χ2v) is 10.4. The van der Waals surface area contributed by atoms with Crippen molar-refractivity contribution in [2.75, 3.05) is 0 Å². The molecule has 0 saturated carbocycles. The van der Waals surface area contributed by atoms with Crippen molar-refractivity contribution in [3.05, 3.63) is 120 Å². The number of para-hydroxylation sites is 3. The normalized spacial score (nSPS) is 13.9. The summed E-state index contributed by atoms with van der Waals surface area (Å²) in [5.41, 5.74) is 11.4. The first-order valence-electron chi connectivity index (χ1n) is 12.7. The van der Waals surface area contributed by atoms with E-state index in [0.29, 0.717) is 0 Å². The molecule has 0 radical (unpaired) electrons. The van der Waals surface area contributed by atoms with Crippen molar-refractivity contribution >= 4 is 33.0 Å². The fourth-order valence-corrected chi connectivity index (χ4v) is 6.21. The Morgan fingerprint density at radius 3 is 2.32 bits per heavy atom. The van der Waals surface area contributed by atoms with Crippen molar-refractivity contribution in [2.45, 2.75) is 19.3 Å². The molecule has 8 rings (SSSR count). The maximum Gasteiger partial charge on any atom is 0.145 e. The lowest BCUT2D eigenvalue weighted by Crippen LogP contribution is -2.26. The van der Waals surface area contributed by atoms with Crippen LogP contribution in [0.4, 0.5) is 0 Å². The molecule has 0 bridgehead atoms. The third kappa shape index (κ3) is 2.67. The monoisotopic (exact) mass is 476 g/mol. The molecule has 0 saturated heterocycles. The Balaban J connectivity index is 1.55. The molecule has 3 aromatic heterocycles. The number of pyridine rings is 1. The molecule has 4 heteroatoms. The zero-order valence-corrected chi connectivity index (χ0v) is 20.7. The number of aromatic nitrogens is 4. The number of fused-ring (bicyclic) bond motifs is 6. The van der Waals surface area contributed by atoms with Crippen molar-refractivity contribution in [3.8, 4) is 22.8 Å². The molecule has 4 nitrogen and oxygen atoms in total. The van der Waals surface area contributed by atoms with E-state index in [9.17, 15) is 0 Å². The van der Waals surface area contributed by atoms with E-state index in [1.165, 1.54) is 27.7 Å². The summed E-state index contributed by atoms with van der Waals surface area (Å²) in [5.74, 6) is 0.944. The first-order chi connectivity index (χ1) is 18.1. The maximum absolute atomic E-state index is 5.09. The average molecular weight is 477 g/mol. The van der Waals surface area contributed by atoms with Crippen LogP contribution in [0.25, 0.3) is 55.7 Å². The van der Waals surface area contributed by atoms with Crippen LogP contribution in [0.2, 0.25) is 0 Å². The van der Waals surface area contributed by atoms with Crippen molar-refractivity contribution < 1.29 is 0 Å². The number of imidazole rings is 1. The van der Waals surface area contributed by atoms with Crippen molar-refractivity contribution in [1.82, 2.24) is 19.1 Å². The summed E-state index contributed by atoms with van der Waals surface area (Å²) >= 11 is 0. The summed E-state index contributed by atoms with van der Waals surface area (Å²) in [7, 11) is 0. The lowest BCUT2D eigenvalue weighted by molar-refractivity contribution is 0.629. The molecule has 4 aromatic carbocycles. The standard InChI is InChI=1S/C33H24N4/c1-33(2)24-13-6-8-15-27(24)37-29-17-10-18-34-30(29)23-19-22(20-25(33)31(23)37)36-28-16-9-7-14-26(28)35-32(36)21-11-4-3-5-12-21/h3-20H,1-2H3. The lowest BCUT2D eigenvalue weighted by Gasteiger charge is -2.35. The molecule has 0 aliphatic carbocycles. The van der Waals surface area contributed by atoms with Crippen LogP contribution in [-0.2, 0) is 5.41 Å². The van der Waals surface area contributed by atoms with E-state index >= 15 is 0 Å². The molecule has 0 spiro atoms. The van der Waals surface area contributed by atoms with Crippen LogP contribution >= 0.6 is 0 Å². The average Bonchev–Trinajstić information content (AvgIpc) is 3.49. The number of hydrogen-bond acceptors (Lipinski definition) is 2. The van der Waals surface area contributed by atoms with Gasteiger partial charge in [-0.2, -0.15) is 0 Å². The van der Waals surface area contributed by atoms with E-state index in [2.05, 4.69) is 114 Å². The third-order valence-corrected chi connectivity index (χ3v) is 7.94. The molecule has 37 heavy (non-hydrogen) atoms. The Bertz CT molecular complexity index is 2010. The van der Waals surface area contributed by atoms with Gasteiger partial charge in [0.15, 0.2) is 0 Å². The second kappa shape index (κ2) is 7.17. The molecule has 1 aliphatic rings. The van der Waals surface area contributed by atoms with Crippen LogP contribution in [0.1, 0.15) is 25.0 Å². The Kier molecular flexibility index (Phi) is 3.97. The van der Waals surface area contributed by atoms with Gasteiger partial charge >= 0.3 is 0 Å². The highest BCUT2D eigenvalue weighted by atomic mass is 15.1. The fraction of sp³-hybridized carbons (Fsp3) is 0.0909. The van der Waals surface area contributed by atoms with Gasteiger partial charge in [0.25, 0.3) is 0 Å². The zero-order chi connectivity index (χ0) is 24.7. The van der Waals surface area contributed by atoms with Gasteiger partial charge in [0.05, 0.1) is 33.3 Å². The molecule has 1 aliphatic heterocycles. The summed E-state index contributed by atoms with van der Waals surface area (Å²) < 4.78 is 4.71. The number of nitrogens with zero attached hydrogens (tertiary/aromatic N) is 4. The van der Waals surface area contributed by atoms with E-state index in [4.69, 9.17) is 9.97 Å². The van der Waals surface area contributed by atoms with Gasteiger partial charge in [0, 0.05) is 28.2 Å². The molecular formula is C33H24N4. The predicted octanol–water partition coefficient (Wildman–Crippen LogP) is 7.82. The SMILES string of the molecule is CC1(C)c2ccccc2-n2c3cccnc3c3cc(-n4c(-c5ccccc5)nc5ccccc54)cc1c32. The summed E-state index contributed by atoms with van der Waals surface area (Å²) in [6.07, 6.45) is 1.90. The Morgan fingerprint density at radius 1 is 0.676 bits per heavy atom. The summed E-state index contributed by atoms with van der Waals surface area (Å²) in [6.45, 7) is 4.67. The van der Waals surface area contributed by atoms with E-state index in [1.54, 1.807) is 0 Å². The Labute approximate surface area is 214 Å². The minimum Gasteiger partial charge on any atom is -0.307 e. The van der Waals surface area contributed by atoms with Gasteiger partial charge in [-0.25, -0.2) is 4.98 Å². The zero-order valence-electron chi connectivity index (χ0n) is 20.7. The molecule has 176 valence electrons. The quantitative estimate of drug-likeness (QED) is 0.255. The molecule has 0 amide bonds. The highest BCUT2D eigenvalue weighted by Crippen LogP contribution is 2.48. The predicted molar refractivity (Wildman–Crippen MR) is 151 cm³/mol. The van der Waals surface area contributed by atoms with Crippen molar-refractivity contribution in [3.63, 3.8) is 0 Å². The van der Waals surface area contributed by atoms with Crippen LogP contribution in [0, 0.1) is 0 Å². The lowest BCUT2D eigenvalue weighted by atomic mass is 9.74. The first-order valence-corrected chi connectivity index (χ1v) is 12.7. The summed E-state index contributed by atoms with van der Waals surface area (Å²) in [4.78, 5) is 9.98. The van der Waals surface area contributed by atoms with E-state index in [-0.39, 0.29) is 5.41 Å². The highest BCUT2D eigenvalue weighted by molar-refractivity contribution is 6.10. The van der Waals surface area contributed by atoms with Crippen LogP contribution in [0.3, 0.4) is 0 Å². The van der Waals surface area contributed by atoms with E-state index < -0.39 is 0 Å². The van der Waals surface area contributed by atoms with Crippen LogP contribution < -0.4 is 0 Å². The maximum atomic E-state index is 5.09. The summed E-state index contributed by atoms with van der Waals surface area (Å²) in [6, 6.07) is 36.5. The minimum absolute atomic E-state index is 0.182. The minimum atomic E-state index is -0.182. The van der Waals surface area contributed by atoms with Crippen LogP contribution in [0.5, 0.6) is 0 Å². The van der Waals surface area contributed by atoms with Gasteiger partial charge in [-0.3, -0.25) is 9.55 Å². The highest BCUT2D eigenvalue weighted by Gasteiger charge is 2.36. The van der Waals surface area contributed by atoms with Crippen molar-refractivity contribution in [2.24, 2.45) is 0 Å². The van der Waals surface area contributed by atoms with Gasteiger partial charge < -0.3 is 4.57 Å². The molecule has 0 N–H and O–H groups in total. The second-order valence-electron chi connectivity index (χ2n) is 10.4. The van der Waals surface area contributed by atoms with E-state index in [0.717, 1.165) is 39.1 Å². The van der Waals surface area contributed by atoms with Gasteiger partial charge in [-0.1, -0.05) is 74.5 Å². The molecule has 7 aromatic rings.